The summed E-state index contributed by atoms with van der Waals surface area (Å²) in [6.45, 7) is 4.48. The molecule has 0 aromatic heterocycles. The van der Waals surface area contributed by atoms with Gasteiger partial charge >= 0.3 is 0 Å². The molecule has 4 heterocycles. The lowest BCUT2D eigenvalue weighted by Crippen LogP contribution is -2.62. The number of ketones is 1. The number of hydrogen-bond donors (Lipinski definition) is 2. The van der Waals surface area contributed by atoms with E-state index in [1.807, 2.05) is 50.2 Å². The molecule has 4 aliphatic heterocycles. The summed E-state index contributed by atoms with van der Waals surface area (Å²) in [5.41, 5.74) is 0.0336. The fourth-order valence-electron chi connectivity index (χ4n) is 7.72. The van der Waals surface area contributed by atoms with Crippen molar-refractivity contribution >= 4 is 40.6 Å². The van der Waals surface area contributed by atoms with Gasteiger partial charge in [0.1, 0.15) is 16.7 Å². The topological polar surface area (TPSA) is 87.7 Å². The number of rotatable bonds is 4. The summed E-state index contributed by atoms with van der Waals surface area (Å²) in [5, 5.41) is 6.48. The molecule has 2 saturated heterocycles. The van der Waals surface area contributed by atoms with Gasteiger partial charge in [-0.25, -0.2) is 0 Å². The number of nitrogens with one attached hydrogen (secondary N) is 2. The Balaban J connectivity index is 1.50. The monoisotopic (exact) mass is 541 g/mol. The Morgan fingerprint density at radius 3 is 2.49 bits per heavy atom. The van der Waals surface area contributed by atoms with Crippen molar-refractivity contribution in [2.45, 2.75) is 49.8 Å². The van der Waals surface area contributed by atoms with E-state index in [1.54, 1.807) is 30.3 Å². The van der Waals surface area contributed by atoms with E-state index < -0.39 is 16.9 Å². The maximum Gasteiger partial charge on any atom is 0.251 e. The van der Waals surface area contributed by atoms with Gasteiger partial charge in [-0.3, -0.25) is 19.3 Å². The Hall–Kier alpha value is -3.68. The second kappa shape index (κ2) is 8.41. The smallest absolute Gasteiger partial charge is 0.251 e. The summed E-state index contributed by atoms with van der Waals surface area (Å²) in [6, 6.07) is 19.6. The zero-order valence-corrected chi connectivity index (χ0v) is 22.4. The fraction of sp³-hybridized carbons (Fsp3) is 0.323. The van der Waals surface area contributed by atoms with Crippen molar-refractivity contribution in [3.8, 4) is 5.75 Å². The molecule has 198 valence electrons. The second-order valence-electron chi connectivity index (χ2n) is 11.1. The summed E-state index contributed by atoms with van der Waals surface area (Å²) < 4.78 is 5.79. The molecule has 7 nitrogen and oxygen atoms in total. The maximum atomic E-state index is 14.7. The van der Waals surface area contributed by atoms with E-state index >= 15 is 0 Å². The SMILES string of the molecule is CC(C)Oc1ccc(C(=O)[C@@H]2[C@@H]3CCCN3[C@]3(C(=O)Nc4c(Cl)cccc43)[C@@]23C(=O)Nc2ccccc23)cc1. The van der Waals surface area contributed by atoms with Crippen molar-refractivity contribution in [3.05, 3.63) is 88.4 Å². The Kier molecular flexibility index (Phi) is 5.25. The minimum Gasteiger partial charge on any atom is -0.491 e. The van der Waals surface area contributed by atoms with E-state index in [0.29, 0.717) is 51.8 Å². The molecule has 2 spiro atoms. The van der Waals surface area contributed by atoms with Crippen LogP contribution in [0.5, 0.6) is 5.75 Å². The molecule has 2 amide bonds. The number of hydrogen-bond acceptors (Lipinski definition) is 5. The van der Waals surface area contributed by atoms with Crippen LogP contribution >= 0.6 is 11.6 Å². The highest BCUT2D eigenvalue weighted by Gasteiger charge is 2.81. The van der Waals surface area contributed by atoms with Crippen molar-refractivity contribution in [1.82, 2.24) is 4.90 Å². The zero-order valence-electron chi connectivity index (χ0n) is 21.7. The molecule has 39 heavy (non-hydrogen) atoms. The highest BCUT2D eigenvalue weighted by atomic mass is 35.5. The quantitative estimate of drug-likeness (QED) is 0.446. The van der Waals surface area contributed by atoms with E-state index in [0.717, 1.165) is 6.42 Å². The lowest BCUT2D eigenvalue weighted by Gasteiger charge is -2.43. The van der Waals surface area contributed by atoms with Crippen LogP contribution in [-0.2, 0) is 20.5 Å². The third-order valence-electron chi connectivity index (χ3n) is 8.87. The fourth-order valence-corrected chi connectivity index (χ4v) is 7.94. The molecular formula is C31H28ClN3O4. The maximum absolute atomic E-state index is 14.7. The van der Waals surface area contributed by atoms with Crippen LogP contribution in [0, 0.1) is 5.92 Å². The first-order valence-corrected chi connectivity index (χ1v) is 13.8. The van der Waals surface area contributed by atoms with Crippen molar-refractivity contribution in [2.75, 3.05) is 17.2 Å². The Labute approximate surface area is 231 Å². The lowest BCUT2D eigenvalue weighted by atomic mass is 9.57. The Bertz CT molecular complexity index is 1550. The first-order valence-electron chi connectivity index (χ1n) is 13.4. The van der Waals surface area contributed by atoms with Gasteiger partial charge in [0, 0.05) is 22.9 Å². The molecule has 0 aliphatic carbocycles. The Morgan fingerprint density at radius 1 is 0.974 bits per heavy atom. The zero-order chi connectivity index (χ0) is 27.1. The first kappa shape index (κ1) is 24.4. The van der Waals surface area contributed by atoms with Crippen LogP contribution in [-0.4, -0.2) is 41.2 Å². The molecule has 0 saturated carbocycles. The van der Waals surface area contributed by atoms with Crippen LogP contribution in [0.3, 0.4) is 0 Å². The van der Waals surface area contributed by atoms with Crippen LogP contribution in [0.1, 0.15) is 48.2 Å². The minimum absolute atomic E-state index is 0.00279. The molecule has 7 rings (SSSR count). The van der Waals surface area contributed by atoms with Gasteiger partial charge in [0.25, 0.3) is 5.91 Å². The molecule has 4 atom stereocenters. The van der Waals surface area contributed by atoms with Gasteiger partial charge in [0.2, 0.25) is 5.91 Å². The number of benzene rings is 3. The largest absolute Gasteiger partial charge is 0.491 e. The molecule has 8 heteroatoms. The number of anilines is 2. The summed E-state index contributed by atoms with van der Waals surface area (Å²) in [4.78, 5) is 45.7. The number of ether oxygens (including phenoxy) is 1. The van der Waals surface area contributed by atoms with Crippen molar-refractivity contribution in [3.63, 3.8) is 0 Å². The summed E-state index contributed by atoms with van der Waals surface area (Å²) in [7, 11) is 0. The molecule has 3 aromatic rings. The van der Waals surface area contributed by atoms with Gasteiger partial charge in [-0.05, 0) is 75.2 Å². The van der Waals surface area contributed by atoms with E-state index in [9.17, 15) is 14.4 Å². The molecular weight excluding hydrogens is 514 g/mol. The van der Waals surface area contributed by atoms with Gasteiger partial charge in [0.15, 0.2) is 5.78 Å². The first-order chi connectivity index (χ1) is 18.8. The predicted molar refractivity (Wildman–Crippen MR) is 148 cm³/mol. The average Bonchev–Trinajstić information content (AvgIpc) is 3.63. The minimum atomic E-state index is -1.49. The normalized spacial score (nSPS) is 28.5. The van der Waals surface area contributed by atoms with Crippen LogP contribution in [0.2, 0.25) is 5.02 Å². The number of nitrogens with zero attached hydrogens (tertiary/aromatic N) is 1. The number of amides is 2. The number of halogens is 1. The predicted octanol–water partition coefficient (Wildman–Crippen LogP) is 5.14. The van der Waals surface area contributed by atoms with E-state index in [1.165, 1.54) is 0 Å². The molecule has 0 radical (unpaired) electrons. The number of fused-ring (bicyclic) bond motifs is 7. The molecule has 0 unspecified atom stereocenters. The second-order valence-corrected chi connectivity index (χ2v) is 11.5. The van der Waals surface area contributed by atoms with Gasteiger partial charge in [-0.15, -0.1) is 0 Å². The average molecular weight is 542 g/mol. The van der Waals surface area contributed by atoms with Crippen LogP contribution in [0.4, 0.5) is 11.4 Å². The van der Waals surface area contributed by atoms with Crippen molar-refractivity contribution in [2.24, 2.45) is 5.92 Å². The summed E-state index contributed by atoms with van der Waals surface area (Å²) in [5.74, 6) is -0.935. The van der Waals surface area contributed by atoms with Gasteiger partial charge in [-0.1, -0.05) is 41.9 Å². The molecule has 2 fully saturated rings. The highest BCUT2D eigenvalue weighted by Crippen LogP contribution is 2.68. The molecule has 0 bridgehead atoms. The third-order valence-corrected chi connectivity index (χ3v) is 9.19. The molecule has 3 aromatic carbocycles. The molecule has 4 aliphatic rings. The van der Waals surface area contributed by atoms with Crippen LogP contribution in [0.25, 0.3) is 0 Å². The number of carbonyl (C=O) groups excluding carboxylic acids is 3. The number of carbonyl (C=O) groups is 3. The number of Topliss-reactive ketones (excluding diaryl/α,β-unsaturated/α-hetero) is 1. The van der Waals surface area contributed by atoms with Crippen molar-refractivity contribution < 1.29 is 19.1 Å². The van der Waals surface area contributed by atoms with Gasteiger partial charge in [-0.2, -0.15) is 0 Å². The lowest BCUT2D eigenvalue weighted by molar-refractivity contribution is -0.137. The third kappa shape index (κ3) is 2.95. The molecule has 2 N–H and O–H groups in total. The van der Waals surface area contributed by atoms with E-state index in [4.69, 9.17) is 16.3 Å². The number of para-hydroxylation sites is 2. The van der Waals surface area contributed by atoms with E-state index in [2.05, 4.69) is 15.5 Å². The van der Waals surface area contributed by atoms with E-state index in [-0.39, 0.29) is 29.7 Å². The van der Waals surface area contributed by atoms with Crippen LogP contribution < -0.4 is 15.4 Å². The highest BCUT2D eigenvalue weighted by molar-refractivity contribution is 6.35. The van der Waals surface area contributed by atoms with Gasteiger partial charge in [0.05, 0.1) is 22.7 Å². The summed E-state index contributed by atoms with van der Waals surface area (Å²) in [6.07, 6.45) is 1.52. The van der Waals surface area contributed by atoms with Crippen molar-refractivity contribution in [1.29, 1.82) is 0 Å². The van der Waals surface area contributed by atoms with Crippen LogP contribution in [0.15, 0.2) is 66.7 Å². The Morgan fingerprint density at radius 2 is 1.72 bits per heavy atom. The van der Waals surface area contributed by atoms with Gasteiger partial charge < -0.3 is 15.4 Å². The standard InChI is InChI=1S/C31H28ClN3O4/c1-17(2)39-19-14-12-18(13-15-19)27(36)25-24-11-6-16-35(24)31(21-8-5-9-22(32)26(21)34-29(31)38)30(25)20-7-3-4-10-23(20)33-28(30)37/h3-5,7-10,12-15,17,24-25H,6,11,16H2,1-2H3,(H,33,37)(H,34,38)/t24-,25-,30+,31+/m0/s1. The summed E-state index contributed by atoms with van der Waals surface area (Å²) >= 11 is 6.60.